The topological polar surface area (TPSA) is 74.2 Å². The Morgan fingerprint density at radius 2 is 2.18 bits per heavy atom. The summed E-state index contributed by atoms with van der Waals surface area (Å²) in [4.78, 5) is 7.69. The molecular weight excluding hydrogens is 239 g/mol. The molecule has 0 unspecified atom stereocenters. The summed E-state index contributed by atoms with van der Waals surface area (Å²) < 4.78 is 45.7. The van der Waals surface area contributed by atoms with Gasteiger partial charge >= 0.3 is 6.18 Å². The van der Waals surface area contributed by atoms with Crippen molar-refractivity contribution in [3.8, 4) is 5.75 Å². The molecule has 0 saturated heterocycles. The number of ether oxygens (including phenoxy) is 1. The Morgan fingerprint density at radius 3 is 2.82 bits per heavy atom. The maximum atomic E-state index is 12.0. The molecule has 2 rings (SSSR count). The molecule has 0 amide bonds. The highest BCUT2D eigenvalue weighted by Gasteiger charge is 2.29. The molecule has 0 aliphatic rings. The number of hydrogen-bond donors (Lipinski definition) is 1. The Labute approximate surface area is 93.4 Å². The van der Waals surface area contributed by atoms with E-state index in [9.17, 15) is 13.2 Å². The quantitative estimate of drug-likeness (QED) is 0.892. The Kier molecular flexibility index (Phi) is 2.88. The van der Waals surface area contributed by atoms with Gasteiger partial charge in [0.2, 0.25) is 5.89 Å². The van der Waals surface area contributed by atoms with Gasteiger partial charge in [-0.3, -0.25) is 0 Å². The molecule has 0 aliphatic carbocycles. The zero-order valence-electron chi connectivity index (χ0n) is 8.49. The Bertz CT molecular complexity index is 524. The summed E-state index contributed by atoms with van der Waals surface area (Å²) in [5.41, 5.74) is 5.54. The minimum atomic E-state index is -4.41. The summed E-state index contributed by atoms with van der Waals surface area (Å²) in [5.74, 6) is 0.159. The third-order valence-corrected chi connectivity index (χ3v) is 1.87. The van der Waals surface area contributed by atoms with Gasteiger partial charge in [0.05, 0.1) is 6.54 Å². The molecule has 0 atom stereocenters. The zero-order chi connectivity index (χ0) is 12.5. The second-order valence-electron chi connectivity index (χ2n) is 3.18. The molecule has 0 radical (unpaired) electrons. The van der Waals surface area contributed by atoms with Crippen LogP contribution in [0, 0.1) is 0 Å². The summed E-state index contributed by atoms with van der Waals surface area (Å²) >= 11 is 0. The number of halogens is 3. The van der Waals surface area contributed by atoms with Gasteiger partial charge in [-0.15, -0.1) is 0 Å². The van der Waals surface area contributed by atoms with E-state index in [1.54, 1.807) is 0 Å². The van der Waals surface area contributed by atoms with Gasteiger partial charge in [-0.2, -0.15) is 13.2 Å². The van der Waals surface area contributed by atoms with Crippen LogP contribution in [0.3, 0.4) is 0 Å². The Balaban J connectivity index is 2.30. The largest absolute Gasteiger partial charge is 0.482 e. The molecule has 17 heavy (non-hydrogen) atoms. The lowest BCUT2D eigenvalue weighted by Crippen LogP contribution is -2.19. The number of rotatable bonds is 3. The van der Waals surface area contributed by atoms with Gasteiger partial charge < -0.3 is 14.9 Å². The second-order valence-corrected chi connectivity index (χ2v) is 3.18. The zero-order valence-corrected chi connectivity index (χ0v) is 8.49. The van der Waals surface area contributed by atoms with Crippen molar-refractivity contribution >= 4 is 11.2 Å². The third kappa shape index (κ3) is 2.64. The van der Waals surface area contributed by atoms with Gasteiger partial charge in [0, 0.05) is 12.3 Å². The number of nitrogens with zero attached hydrogens (tertiary/aromatic N) is 2. The second kappa shape index (κ2) is 4.21. The van der Waals surface area contributed by atoms with Crippen LogP contribution in [-0.4, -0.2) is 22.8 Å². The van der Waals surface area contributed by atoms with Crippen molar-refractivity contribution < 1.29 is 22.3 Å². The van der Waals surface area contributed by atoms with Crippen molar-refractivity contribution in [1.82, 2.24) is 9.97 Å². The van der Waals surface area contributed by atoms with Gasteiger partial charge in [-0.25, -0.2) is 9.97 Å². The molecule has 5 nitrogen and oxygen atoms in total. The van der Waals surface area contributed by atoms with Crippen molar-refractivity contribution in [2.75, 3.05) is 6.61 Å². The Morgan fingerprint density at radius 1 is 1.41 bits per heavy atom. The maximum Gasteiger partial charge on any atom is 0.422 e. The van der Waals surface area contributed by atoms with Crippen molar-refractivity contribution in [3.05, 3.63) is 18.2 Å². The van der Waals surface area contributed by atoms with Gasteiger partial charge in [0.25, 0.3) is 5.71 Å². The highest BCUT2D eigenvalue weighted by atomic mass is 19.4. The minimum absolute atomic E-state index is 0.0317. The number of aromatic nitrogens is 2. The lowest BCUT2D eigenvalue weighted by Gasteiger charge is -2.08. The summed E-state index contributed by atoms with van der Waals surface area (Å²) in [6, 6.07) is 1.29. The molecule has 0 spiro atoms. The van der Waals surface area contributed by atoms with E-state index in [4.69, 9.17) is 10.2 Å². The third-order valence-electron chi connectivity index (χ3n) is 1.87. The molecule has 0 saturated carbocycles. The van der Waals surface area contributed by atoms with Crippen LogP contribution in [-0.2, 0) is 6.54 Å². The van der Waals surface area contributed by atoms with Crippen molar-refractivity contribution in [3.63, 3.8) is 0 Å². The highest BCUT2D eigenvalue weighted by Crippen LogP contribution is 2.25. The number of fused-ring (bicyclic) bond motifs is 1. The van der Waals surface area contributed by atoms with E-state index in [1.807, 2.05) is 0 Å². The molecule has 2 N–H and O–H groups in total. The van der Waals surface area contributed by atoms with Crippen LogP contribution >= 0.6 is 0 Å². The van der Waals surface area contributed by atoms with Crippen LogP contribution in [0.15, 0.2) is 16.7 Å². The summed E-state index contributed by atoms with van der Waals surface area (Å²) in [5, 5.41) is 0. The van der Waals surface area contributed by atoms with Gasteiger partial charge in [-0.1, -0.05) is 0 Å². The molecule has 0 fully saturated rings. The molecule has 0 aromatic carbocycles. The minimum Gasteiger partial charge on any atom is -0.482 e. The predicted molar refractivity (Wildman–Crippen MR) is 51.2 cm³/mol. The lowest BCUT2D eigenvalue weighted by molar-refractivity contribution is -0.153. The normalized spacial score (nSPS) is 12.0. The van der Waals surface area contributed by atoms with E-state index in [0.717, 1.165) is 0 Å². The fourth-order valence-electron chi connectivity index (χ4n) is 1.22. The van der Waals surface area contributed by atoms with Crippen LogP contribution < -0.4 is 10.5 Å². The van der Waals surface area contributed by atoms with E-state index < -0.39 is 12.8 Å². The standard InChI is InChI=1S/C9H8F3N3O2/c10-9(11,12)4-16-5-1-2-14-8-7(5)15-6(3-13)17-8/h1-2H,3-4,13H2. The van der Waals surface area contributed by atoms with Crippen LogP contribution in [0.5, 0.6) is 5.75 Å². The van der Waals surface area contributed by atoms with Crippen molar-refractivity contribution in [2.24, 2.45) is 5.73 Å². The lowest BCUT2D eigenvalue weighted by atomic mass is 10.4. The molecule has 2 heterocycles. The van der Waals surface area contributed by atoms with Crippen molar-refractivity contribution in [2.45, 2.75) is 12.7 Å². The summed E-state index contributed by atoms with van der Waals surface area (Å²) in [6.07, 6.45) is -3.13. The fourth-order valence-corrected chi connectivity index (χ4v) is 1.22. The van der Waals surface area contributed by atoms with Crippen LogP contribution in [0.2, 0.25) is 0 Å². The smallest absolute Gasteiger partial charge is 0.422 e. The number of nitrogens with two attached hydrogens (primary N) is 1. The summed E-state index contributed by atoms with van der Waals surface area (Å²) in [7, 11) is 0. The molecule has 8 heteroatoms. The molecular formula is C9H8F3N3O2. The average Bonchev–Trinajstić information content (AvgIpc) is 2.68. The molecule has 92 valence electrons. The monoisotopic (exact) mass is 247 g/mol. The number of hydrogen-bond acceptors (Lipinski definition) is 5. The van der Waals surface area contributed by atoms with E-state index in [0.29, 0.717) is 0 Å². The SMILES string of the molecule is NCc1nc2c(OCC(F)(F)F)ccnc2o1. The summed E-state index contributed by atoms with van der Waals surface area (Å²) in [6.45, 7) is -1.36. The molecule has 2 aromatic rings. The Hall–Kier alpha value is -1.83. The van der Waals surface area contributed by atoms with Crippen LogP contribution in [0.25, 0.3) is 11.2 Å². The predicted octanol–water partition coefficient (Wildman–Crippen LogP) is 1.62. The van der Waals surface area contributed by atoms with Gasteiger partial charge in [-0.05, 0) is 0 Å². The first-order valence-electron chi connectivity index (χ1n) is 4.63. The molecule has 0 bridgehead atoms. The number of alkyl halides is 3. The van der Waals surface area contributed by atoms with Crippen LogP contribution in [0.1, 0.15) is 5.89 Å². The average molecular weight is 247 g/mol. The van der Waals surface area contributed by atoms with E-state index in [1.165, 1.54) is 12.3 Å². The number of oxazole rings is 1. The molecule has 0 aliphatic heterocycles. The van der Waals surface area contributed by atoms with E-state index in [-0.39, 0.29) is 29.4 Å². The van der Waals surface area contributed by atoms with Gasteiger partial charge in [0.15, 0.2) is 17.9 Å². The van der Waals surface area contributed by atoms with Gasteiger partial charge in [0.1, 0.15) is 0 Å². The first-order chi connectivity index (χ1) is 7.99. The number of pyridine rings is 1. The maximum absolute atomic E-state index is 12.0. The molecule has 2 aromatic heterocycles. The van der Waals surface area contributed by atoms with Crippen LogP contribution in [0.4, 0.5) is 13.2 Å². The first-order valence-corrected chi connectivity index (χ1v) is 4.63. The first kappa shape index (κ1) is 11.6. The van der Waals surface area contributed by atoms with Crippen molar-refractivity contribution in [1.29, 1.82) is 0 Å². The highest BCUT2D eigenvalue weighted by molar-refractivity contribution is 5.75. The van der Waals surface area contributed by atoms with E-state index in [2.05, 4.69) is 14.7 Å². The van der Waals surface area contributed by atoms with E-state index >= 15 is 0 Å². The fraction of sp³-hybridized carbons (Fsp3) is 0.333.